The van der Waals surface area contributed by atoms with Gasteiger partial charge in [0.2, 0.25) is 0 Å². The SMILES string of the molecule is OCCCc1ncc2cc(C(F)(F)F)ccn12. The van der Waals surface area contributed by atoms with E-state index in [-0.39, 0.29) is 6.61 Å². The molecule has 92 valence electrons. The molecule has 0 saturated heterocycles. The van der Waals surface area contributed by atoms with Gasteiger partial charge in [0.05, 0.1) is 17.3 Å². The number of aliphatic hydroxyl groups excluding tert-OH is 1. The molecule has 0 atom stereocenters. The number of nitrogens with zero attached hydrogens (tertiary/aromatic N) is 2. The smallest absolute Gasteiger partial charge is 0.396 e. The number of hydrogen-bond acceptors (Lipinski definition) is 2. The zero-order chi connectivity index (χ0) is 12.5. The molecule has 3 nitrogen and oxygen atoms in total. The first-order chi connectivity index (χ1) is 8.02. The summed E-state index contributed by atoms with van der Waals surface area (Å²) in [5, 5.41) is 8.70. The van der Waals surface area contributed by atoms with E-state index in [1.54, 1.807) is 4.40 Å². The molecule has 0 aliphatic carbocycles. The van der Waals surface area contributed by atoms with Crippen LogP contribution in [0.3, 0.4) is 0 Å². The Balaban J connectivity index is 2.38. The van der Waals surface area contributed by atoms with Crippen molar-refractivity contribution in [2.75, 3.05) is 6.61 Å². The standard InChI is InChI=1S/C11H11F3N2O/c12-11(13,14)8-3-4-16-9(6-8)7-15-10(16)2-1-5-17/h3-4,6-7,17H,1-2,5H2. The maximum Gasteiger partial charge on any atom is 0.416 e. The van der Waals surface area contributed by atoms with Gasteiger partial charge in [-0.15, -0.1) is 0 Å². The number of aliphatic hydroxyl groups is 1. The Morgan fingerprint density at radius 1 is 1.35 bits per heavy atom. The molecule has 0 aromatic carbocycles. The topological polar surface area (TPSA) is 37.5 Å². The second-order valence-corrected chi connectivity index (χ2v) is 3.71. The van der Waals surface area contributed by atoms with Crippen LogP contribution in [-0.4, -0.2) is 21.1 Å². The van der Waals surface area contributed by atoms with Crippen molar-refractivity contribution in [3.05, 3.63) is 35.9 Å². The third kappa shape index (κ3) is 2.41. The number of aromatic nitrogens is 2. The molecule has 2 heterocycles. The fraction of sp³-hybridized carbons (Fsp3) is 0.364. The molecule has 2 rings (SSSR count). The quantitative estimate of drug-likeness (QED) is 0.899. The first-order valence-corrected chi connectivity index (χ1v) is 5.16. The fourth-order valence-corrected chi connectivity index (χ4v) is 1.65. The molecule has 2 aromatic heterocycles. The predicted octanol–water partition coefficient (Wildman–Crippen LogP) is 2.28. The molecule has 0 aliphatic rings. The zero-order valence-corrected chi connectivity index (χ0v) is 8.91. The second kappa shape index (κ2) is 4.37. The lowest BCUT2D eigenvalue weighted by molar-refractivity contribution is -0.137. The van der Waals surface area contributed by atoms with E-state index in [0.717, 1.165) is 12.1 Å². The monoisotopic (exact) mass is 244 g/mol. The highest BCUT2D eigenvalue weighted by molar-refractivity contribution is 5.49. The van der Waals surface area contributed by atoms with Crippen molar-refractivity contribution >= 4 is 5.52 Å². The van der Waals surface area contributed by atoms with Crippen molar-refractivity contribution in [2.24, 2.45) is 0 Å². The summed E-state index contributed by atoms with van der Waals surface area (Å²) in [6.07, 6.45) is -0.493. The van der Waals surface area contributed by atoms with Crippen LogP contribution in [0.2, 0.25) is 0 Å². The number of imidazole rings is 1. The van der Waals surface area contributed by atoms with Crippen LogP contribution in [0.1, 0.15) is 17.8 Å². The highest BCUT2D eigenvalue weighted by Gasteiger charge is 2.30. The molecular weight excluding hydrogens is 233 g/mol. The van der Waals surface area contributed by atoms with Gasteiger partial charge in [-0.2, -0.15) is 13.2 Å². The third-order valence-corrected chi connectivity index (χ3v) is 2.49. The molecule has 0 unspecified atom stereocenters. The van der Waals surface area contributed by atoms with E-state index in [1.165, 1.54) is 12.4 Å². The van der Waals surface area contributed by atoms with E-state index in [2.05, 4.69) is 4.98 Å². The average molecular weight is 244 g/mol. The molecule has 2 aromatic rings. The van der Waals surface area contributed by atoms with E-state index in [4.69, 9.17) is 5.11 Å². The van der Waals surface area contributed by atoms with Crippen molar-refractivity contribution in [2.45, 2.75) is 19.0 Å². The first kappa shape index (κ1) is 11.9. The molecule has 1 N–H and O–H groups in total. The molecule has 0 bridgehead atoms. The third-order valence-electron chi connectivity index (χ3n) is 2.49. The highest BCUT2D eigenvalue weighted by atomic mass is 19.4. The van der Waals surface area contributed by atoms with Crippen LogP contribution in [0.4, 0.5) is 13.2 Å². The maximum absolute atomic E-state index is 12.5. The maximum atomic E-state index is 12.5. The Kier molecular flexibility index (Phi) is 3.06. The summed E-state index contributed by atoms with van der Waals surface area (Å²) < 4.78 is 39.0. The molecule has 0 amide bonds. The lowest BCUT2D eigenvalue weighted by atomic mass is 10.2. The lowest BCUT2D eigenvalue weighted by Crippen LogP contribution is -2.05. The summed E-state index contributed by atoms with van der Waals surface area (Å²) in [5.41, 5.74) is -0.272. The zero-order valence-electron chi connectivity index (χ0n) is 8.91. The Bertz CT molecular complexity index is 519. The Morgan fingerprint density at radius 3 is 2.76 bits per heavy atom. The Hall–Kier alpha value is -1.56. The number of hydrogen-bond donors (Lipinski definition) is 1. The summed E-state index contributed by atoms with van der Waals surface area (Å²) in [6.45, 7) is 0.0373. The van der Waals surface area contributed by atoms with Crippen LogP contribution in [0, 0.1) is 0 Å². The highest BCUT2D eigenvalue weighted by Crippen LogP contribution is 2.29. The molecule has 0 aliphatic heterocycles. The minimum Gasteiger partial charge on any atom is -0.396 e. The van der Waals surface area contributed by atoms with Crippen LogP contribution in [0.25, 0.3) is 5.52 Å². The van der Waals surface area contributed by atoms with Gasteiger partial charge < -0.3 is 9.51 Å². The van der Waals surface area contributed by atoms with Gasteiger partial charge in [0.25, 0.3) is 0 Å². The van der Waals surface area contributed by atoms with Gasteiger partial charge in [0, 0.05) is 19.2 Å². The normalized spacial score (nSPS) is 12.2. The number of rotatable bonds is 3. The summed E-state index contributed by atoms with van der Waals surface area (Å²) in [4.78, 5) is 4.04. The van der Waals surface area contributed by atoms with Gasteiger partial charge >= 0.3 is 6.18 Å². The summed E-state index contributed by atoms with van der Waals surface area (Å²) >= 11 is 0. The van der Waals surface area contributed by atoms with Gasteiger partial charge in [0.15, 0.2) is 0 Å². The van der Waals surface area contributed by atoms with E-state index in [0.29, 0.717) is 24.2 Å². The lowest BCUT2D eigenvalue weighted by Gasteiger charge is -2.07. The van der Waals surface area contributed by atoms with E-state index in [1.807, 2.05) is 0 Å². The molecule has 0 saturated carbocycles. The molecule has 0 spiro atoms. The molecule has 17 heavy (non-hydrogen) atoms. The van der Waals surface area contributed by atoms with Gasteiger partial charge in [-0.3, -0.25) is 0 Å². The van der Waals surface area contributed by atoms with Crippen molar-refractivity contribution in [3.8, 4) is 0 Å². The second-order valence-electron chi connectivity index (χ2n) is 3.71. The van der Waals surface area contributed by atoms with E-state index < -0.39 is 11.7 Å². The molecule has 0 fully saturated rings. The number of alkyl halides is 3. The number of halogens is 3. The Labute approximate surface area is 95.5 Å². The summed E-state index contributed by atoms with van der Waals surface area (Å²) in [5.74, 6) is 0.655. The molecule has 0 radical (unpaired) electrons. The minimum atomic E-state index is -4.34. The molecular formula is C11H11F3N2O. The van der Waals surface area contributed by atoms with Crippen LogP contribution in [-0.2, 0) is 12.6 Å². The van der Waals surface area contributed by atoms with Gasteiger partial charge in [-0.25, -0.2) is 4.98 Å². The number of pyridine rings is 1. The number of fused-ring (bicyclic) bond motifs is 1. The van der Waals surface area contributed by atoms with Crippen LogP contribution in [0.15, 0.2) is 24.5 Å². The van der Waals surface area contributed by atoms with Gasteiger partial charge in [-0.05, 0) is 18.6 Å². The largest absolute Gasteiger partial charge is 0.416 e. The van der Waals surface area contributed by atoms with Crippen LogP contribution >= 0.6 is 0 Å². The van der Waals surface area contributed by atoms with E-state index in [9.17, 15) is 13.2 Å². The van der Waals surface area contributed by atoms with Gasteiger partial charge in [0.1, 0.15) is 5.82 Å². The summed E-state index contributed by atoms with van der Waals surface area (Å²) in [6, 6.07) is 2.09. The predicted molar refractivity (Wildman–Crippen MR) is 55.6 cm³/mol. The van der Waals surface area contributed by atoms with Gasteiger partial charge in [-0.1, -0.05) is 0 Å². The fourth-order valence-electron chi connectivity index (χ4n) is 1.65. The van der Waals surface area contributed by atoms with Crippen molar-refractivity contribution < 1.29 is 18.3 Å². The van der Waals surface area contributed by atoms with E-state index >= 15 is 0 Å². The van der Waals surface area contributed by atoms with Crippen molar-refractivity contribution in [1.82, 2.24) is 9.38 Å². The molecule has 6 heteroatoms. The van der Waals surface area contributed by atoms with Crippen LogP contribution in [0.5, 0.6) is 0 Å². The summed E-state index contributed by atoms with van der Waals surface area (Å²) in [7, 11) is 0. The first-order valence-electron chi connectivity index (χ1n) is 5.16. The van der Waals surface area contributed by atoms with Crippen molar-refractivity contribution in [3.63, 3.8) is 0 Å². The van der Waals surface area contributed by atoms with Crippen molar-refractivity contribution in [1.29, 1.82) is 0 Å². The minimum absolute atomic E-state index is 0.0373. The number of aryl methyl sites for hydroxylation is 1. The Morgan fingerprint density at radius 2 is 2.12 bits per heavy atom. The van der Waals surface area contributed by atoms with Crippen LogP contribution < -0.4 is 0 Å². The average Bonchev–Trinajstić information content (AvgIpc) is 2.67.